The van der Waals surface area contributed by atoms with Gasteiger partial charge in [-0.15, -0.1) is 0 Å². The number of anilines is 1. The van der Waals surface area contributed by atoms with Gasteiger partial charge in [0.2, 0.25) is 5.91 Å². The summed E-state index contributed by atoms with van der Waals surface area (Å²) in [6, 6.07) is 0.585. The van der Waals surface area contributed by atoms with Crippen LogP contribution in [0, 0.1) is 0 Å². The normalized spacial score (nSPS) is 24.9. The van der Waals surface area contributed by atoms with Gasteiger partial charge in [-0.3, -0.25) is 14.4 Å². The van der Waals surface area contributed by atoms with Crippen molar-refractivity contribution >= 4 is 11.6 Å². The molecule has 1 atom stereocenters. The Hall–Kier alpha value is -1.40. The van der Waals surface area contributed by atoms with E-state index in [1.165, 1.54) is 0 Å². The topological polar surface area (TPSA) is 62.2 Å². The van der Waals surface area contributed by atoms with Gasteiger partial charge in [0, 0.05) is 19.3 Å². The lowest BCUT2D eigenvalue weighted by atomic mass is 10.0. The minimum Gasteiger partial charge on any atom is -0.322 e. The Kier molecular flexibility index (Phi) is 4.03. The number of nitrogens with one attached hydrogen (secondary N) is 2. The number of carbonyl (C=O) groups is 1. The molecule has 2 aliphatic heterocycles. The maximum atomic E-state index is 12.5. The van der Waals surface area contributed by atoms with Crippen LogP contribution in [0.5, 0.6) is 0 Å². The van der Waals surface area contributed by atoms with Crippen LogP contribution in [0.1, 0.15) is 25.7 Å². The molecule has 0 radical (unpaired) electrons. The Balaban J connectivity index is 1.63. The molecule has 6 nitrogen and oxygen atoms in total. The smallest absolute Gasteiger partial charge is 0.241 e. The second-order valence-electron chi connectivity index (χ2n) is 5.77. The van der Waals surface area contributed by atoms with E-state index < -0.39 is 0 Å². The van der Waals surface area contributed by atoms with Gasteiger partial charge in [-0.25, -0.2) is 0 Å². The van der Waals surface area contributed by atoms with Gasteiger partial charge < -0.3 is 10.6 Å². The Morgan fingerprint density at radius 1 is 1.40 bits per heavy atom. The lowest BCUT2D eigenvalue weighted by Gasteiger charge is -2.35. The van der Waals surface area contributed by atoms with Crippen LogP contribution in [0.4, 0.5) is 5.69 Å². The van der Waals surface area contributed by atoms with Gasteiger partial charge in [0.05, 0.1) is 17.9 Å². The van der Waals surface area contributed by atoms with E-state index in [0.29, 0.717) is 6.04 Å². The van der Waals surface area contributed by atoms with Crippen LogP contribution in [0.15, 0.2) is 12.4 Å². The highest BCUT2D eigenvalue weighted by atomic mass is 16.2. The SMILES string of the molecule is Cn1cc(NC(=O)C2CCCN2C2CCNCC2)cn1. The monoisotopic (exact) mass is 277 g/mol. The molecule has 2 N–H and O–H groups in total. The fourth-order valence-corrected chi connectivity index (χ4v) is 3.36. The molecule has 110 valence electrons. The molecule has 2 saturated heterocycles. The van der Waals surface area contributed by atoms with Gasteiger partial charge >= 0.3 is 0 Å². The summed E-state index contributed by atoms with van der Waals surface area (Å²) in [6.07, 6.45) is 7.92. The molecule has 2 fully saturated rings. The zero-order chi connectivity index (χ0) is 13.9. The van der Waals surface area contributed by atoms with E-state index in [-0.39, 0.29) is 11.9 Å². The van der Waals surface area contributed by atoms with E-state index in [1.54, 1.807) is 10.9 Å². The number of amides is 1. The first kappa shape index (κ1) is 13.6. The van der Waals surface area contributed by atoms with Crippen molar-refractivity contribution in [1.29, 1.82) is 0 Å². The van der Waals surface area contributed by atoms with E-state index in [1.807, 2.05) is 13.2 Å². The van der Waals surface area contributed by atoms with Crippen molar-refractivity contribution in [3.63, 3.8) is 0 Å². The molecule has 6 heteroatoms. The molecular formula is C14H23N5O. The zero-order valence-electron chi connectivity index (χ0n) is 12.0. The summed E-state index contributed by atoms with van der Waals surface area (Å²) in [7, 11) is 1.85. The van der Waals surface area contributed by atoms with E-state index in [4.69, 9.17) is 0 Å². The molecule has 0 aromatic carbocycles. The lowest BCUT2D eigenvalue weighted by molar-refractivity contribution is -0.121. The Labute approximate surface area is 119 Å². The van der Waals surface area contributed by atoms with Gasteiger partial charge in [0.25, 0.3) is 0 Å². The second kappa shape index (κ2) is 5.93. The Morgan fingerprint density at radius 3 is 2.90 bits per heavy atom. The maximum absolute atomic E-state index is 12.5. The van der Waals surface area contributed by atoms with E-state index >= 15 is 0 Å². The summed E-state index contributed by atoms with van der Waals surface area (Å²) in [5.74, 6) is 0.119. The molecule has 1 aromatic heterocycles. The number of hydrogen-bond acceptors (Lipinski definition) is 4. The third kappa shape index (κ3) is 2.86. The number of hydrogen-bond donors (Lipinski definition) is 2. The predicted octanol–water partition coefficient (Wildman–Crippen LogP) is 0.575. The number of aryl methyl sites for hydroxylation is 1. The highest BCUT2D eigenvalue weighted by molar-refractivity contribution is 5.94. The molecule has 0 saturated carbocycles. The third-order valence-corrected chi connectivity index (χ3v) is 4.35. The van der Waals surface area contributed by atoms with Gasteiger partial charge in [0.15, 0.2) is 0 Å². The number of piperidine rings is 1. The quantitative estimate of drug-likeness (QED) is 0.848. The number of nitrogens with zero attached hydrogens (tertiary/aromatic N) is 3. The molecule has 0 aliphatic carbocycles. The van der Waals surface area contributed by atoms with Crippen LogP contribution in [0.2, 0.25) is 0 Å². The molecule has 1 aromatic rings. The highest BCUT2D eigenvalue weighted by Gasteiger charge is 2.35. The van der Waals surface area contributed by atoms with Gasteiger partial charge in [0.1, 0.15) is 0 Å². The van der Waals surface area contributed by atoms with Crippen molar-refractivity contribution in [3.05, 3.63) is 12.4 Å². The molecule has 2 aliphatic rings. The van der Waals surface area contributed by atoms with Crippen LogP contribution < -0.4 is 10.6 Å². The van der Waals surface area contributed by atoms with Crippen LogP contribution in [0.3, 0.4) is 0 Å². The van der Waals surface area contributed by atoms with Crippen molar-refractivity contribution < 1.29 is 4.79 Å². The van der Waals surface area contributed by atoms with Gasteiger partial charge in [-0.05, 0) is 45.3 Å². The molecule has 20 heavy (non-hydrogen) atoms. The van der Waals surface area contributed by atoms with Crippen LogP contribution in [0.25, 0.3) is 0 Å². The van der Waals surface area contributed by atoms with E-state index in [2.05, 4.69) is 20.6 Å². The molecule has 1 amide bonds. The van der Waals surface area contributed by atoms with Crippen molar-refractivity contribution in [2.45, 2.75) is 37.8 Å². The molecule has 3 heterocycles. The van der Waals surface area contributed by atoms with Crippen LogP contribution in [-0.4, -0.2) is 52.3 Å². The second-order valence-corrected chi connectivity index (χ2v) is 5.77. The first-order valence-electron chi connectivity index (χ1n) is 7.50. The predicted molar refractivity (Wildman–Crippen MR) is 77.5 cm³/mol. The maximum Gasteiger partial charge on any atom is 0.241 e. The number of aromatic nitrogens is 2. The van der Waals surface area contributed by atoms with Gasteiger partial charge in [-0.2, -0.15) is 5.10 Å². The number of likely N-dealkylation sites (tertiary alicyclic amines) is 1. The van der Waals surface area contributed by atoms with Gasteiger partial charge in [-0.1, -0.05) is 0 Å². The summed E-state index contributed by atoms with van der Waals surface area (Å²) < 4.78 is 1.70. The summed E-state index contributed by atoms with van der Waals surface area (Å²) in [6.45, 7) is 3.19. The van der Waals surface area contributed by atoms with Crippen LogP contribution >= 0.6 is 0 Å². The third-order valence-electron chi connectivity index (χ3n) is 4.35. The summed E-state index contributed by atoms with van der Waals surface area (Å²) in [5, 5.41) is 10.5. The van der Waals surface area contributed by atoms with Crippen LogP contribution in [-0.2, 0) is 11.8 Å². The van der Waals surface area contributed by atoms with E-state index in [9.17, 15) is 4.79 Å². The average molecular weight is 277 g/mol. The molecule has 0 spiro atoms. The first-order chi connectivity index (χ1) is 9.74. The largest absolute Gasteiger partial charge is 0.322 e. The zero-order valence-corrected chi connectivity index (χ0v) is 12.0. The molecule has 3 rings (SSSR count). The van der Waals surface area contributed by atoms with Crippen molar-refractivity contribution in [3.8, 4) is 0 Å². The highest BCUT2D eigenvalue weighted by Crippen LogP contribution is 2.25. The summed E-state index contributed by atoms with van der Waals surface area (Å²) >= 11 is 0. The van der Waals surface area contributed by atoms with Crippen molar-refractivity contribution in [1.82, 2.24) is 20.0 Å². The Bertz CT molecular complexity index is 466. The summed E-state index contributed by atoms with van der Waals surface area (Å²) in [4.78, 5) is 14.9. The van der Waals surface area contributed by atoms with Crippen molar-refractivity contribution in [2.75, 3.05) is 25.0 Å². The lowest BCUT2D eigenvalue weighted by Crippen LogP contribution is -2.49. The molecule has 0 bridgehead atoms. The standard InChI is InChI=1S/C14H23N5O/c1-18-10-11(9-16-18)17-14(20)13-3-2-8-19(13)12-4-6-15-7-5-12/h9-10,12-13,15H,2-8H2,1H3,(H,17,20). The Morgan fingerprint density at radius 2 is 2.20 bits per heavy atom. The fourth-order valence-electron chi connectivity index (χ4n) is 3.36. The molecule has 1 unspecified atom stereocenters. The minimum absolute atomic E-state index is 0.0262. The fraction of sp³-hybridized carbons (Fsp3) is 0.714. The minimum atomic E-state index is 0.0262. The van der Waals surface area contributed by atoms with E-state index in [0.717, 1.165) is 51.0 Å². The number of carbonyl (C=O) groups excluding carboxylic acids is 1. The molecular weight excluding hydrogens is 254 g/mol. The first-order valence-corrected chi connectivity index (χ1v) is 7.50. The summed E-state index contributed by atoms with van der Waals surface area (Å²) in [5.41, 5.74) is 0.787. The van der Waals surface area contributed by atoms with Crippen molar-refractivity contribution in [2.24, 2.45) is 7.05 Å². The number of rotatable bonds is 3. The average Bonchev–Trinajstić information content (AvgIpc) is 3.09.